The number of carboxylic acid groups (broad SMARTS) is 1. The van der Waals surface area contributed by atoms with Gasteiger partial charge in [0.1, 0.15) is 0 Å². The van der Waals surface area contributed by atoms with E-state index in [-0.39, 0.29) is 12.8 Å². The molecule has 0 saturated heterocycles. The predicted octanol–water partition coefficient (Wildman–Crippen LogP) is 7.12. The van der Waals surface area contributed by atoms with Gasteiger partial charge in [-0.25, -0.2) is 4.79 Å². The lowest BCUT2D eigenvalue weighted by Gasteiger charge is -2.41. The lowest BCUT2D eigenvalue weighted by molar-refractivity contribution is -0.426. The van der Waals surface area contributed by atoms with Crippen molar-refractivity contribution in [3.8, 4) is 0 Å². The second-order valence-corrected chi connectivity index (χ2v) is 7.93. The molecule has 0 aliphatic carbocycles. The van der Waals surface area contributed by atoms with Gasteiger partial charge in [-0.2, -0.15) is 52.7 Å². The standard InChI is InChI=1S/C20H24F12O4/c1-3-4-5-6-7-8-15(21,22)17(25,26)19(29,30)20(31,32)18(27,28)16(23,24)9-10-36-14(35)12(2)11-13(33)34/h2-11H2,1H3,(H,33,34). The monoisotopic (exact) mass is 556 g/mol. The minimum atomic E-state index is -7.70. The van der Waals surface area contributed by atoms with Crippen LogP contribution in [0.4, 0.5) is 52.7 Å². The lowest BCUT2D eigenvalue weighted by Crippen LogP contribution is -2.70. The number of carboxylic acids is 1. The highest BCUT2D eigenvalue weighted by Gasteiger charge is 2.89. The van der Waals surface area contributed by atoms with Crippen LogP contribution in [-0.2, 0) is 14.3 Å². The quantitative estimate of drug-likeness (QED) is 0.0897. The van der Waals surface area contributed by atoms with E-state index in [0.717, 1.165) is 0 Å². The molecule has 1 N–H and O–H groups in total. The van der Waals surface area contributed by atoms with E-state index in [1.807, 2.05) is 0 Å². The van der Waals surface area contributed by atoms with Gasteiger partial charge in [-0.15, -0.1) is 0 Å². The molecule has 36 heavy (non-hydrogen) atoms. The van der Waals surface area contributed by atoms with E-state index in [9.17, 15) is 62.3 Å². The van der Waals surface area contributed by atoms with Crippen LogP contribution in [0.2, 0.25) is 0 Å². The minimum absolute atomic E-state index is 0.198. The third kappa shape index (κ3) is 6.99. The first-order valence-electron chi connectivity index (χ1n) is 10.4. The fraction of sp³-hybridized carbons (Fsp3) is 0.800. The maximum absolute atomic E-state index is 13.9. The molecule has 0 aromatic rings. The first-order valence-corrected chi connectivity index (χ1v) is 10.4. The Bertz CT molecular complexity index is 781. The first-order chi connectivity index (χ1) is 16.0. The van der Waals surface area contributed by atoms with Gasteiger partial charge < -0.3 is 9.84 Å². The van der Waals surface area contributed by atoms with Crippen molar-refractivity contribution in [1.29, 1.82) is 0 Å². The first kappa shape index (κ1) is 33.8. The molecule has 0 aromatic heterocycles. The van der Waals surface area contributed by atoms with Crippen molar-refractivity contribution in [2.75, 3.05) is 6.61 Å². The third-order valence-corrected chi connectivity index (χ3v) is 5.00. The van der Waals surface area contributed by atoms with Gasteiger partial charge in [0.15, 0.2) is 0 Å². The third-order valence-electron chi connectivity index (χ3n) is 5.00. The van der Waals surface area contributed by atoms with Gasteiger partial charge >= 0.3 is 47.5 Å². The molecule has 0 fully saturated rings. The van der Waals surface area contributed by atoms with Crippen LogP contribution < -0.4 is 0 Å². The lowest BCUT2D eigenvalue weighted by atomic mass is 9.89. The summed E-state index contributed by atoms with van der Waals surface area (Å²) in [6.07, 6.45) is -5.70. The van der Waals surface area contributed by atoms with E-state index in [1.165, 1.54) is 0 Å². The maximum atomic E-state index is 13.9. The highest BCUT2D eigenvalue weighted by atomic mass is 19.4. The highest BCUT2D eigenvalue weighted by molar-refractivity contribution is 5.92. The Kier molecular flexibility index (Phi) is 11.2. The minimum Gasteiger partial charge on any atom is -0.481 e. The molecule has 16 heteroatoms. The number of carbonyl (C=O) groups excluding carboxylic acids is 1. The summed E-state index contributed by atoms with van der Waals surface area (Å²) in [6.45, 7) is 2.64. The Morgan fingerprint density at radius 3 is 1.53 bits per heavy atom. The summed E-state index contributed by atoms with van der Waals surface area (Å²) in [5, 5.41) is 8.41. The van der Waals surface area contributed by atoms with Crippen molar-refractivity contribution in [3.05, 3.63) is 12.2 Å². The summed E-state index contributed by atoms with van der Waals surface area (Å²) < 4.78 is 170. The van der Waals surface area contributed by atoms with Crippen LogP contribution in [0.1, 0.15) is 58.3 Å². The summed E-state index contributed by atoms with van der Waals surface area (Å²) in [5.41, 5.74) is -0.897. The molecule has 0 radical (unpaired) electrons. The zero-order valence-electron chi connectivity index (χ0n) is 18.8. The molecule has 0 atom stereocenters. The van der Waals surface area contributed by atoms with E-state index >= 15 is 0 Å². The van der Waals surface area contributed by atoms with Gasteiger partial charge in [0.2, 0.25) is 0 Å². The van der Waals surface area contributed by atoms with E-state index in [4.69, 9.17) is 5.11 Å². The Morgan fingerprint density at radius 1 is 0.694 bits per heavy atom. The second kappa shape index (κ2) is 11.9. The smallest absolute Gasteiger partial charge is 0.384 e. The van der Waals surface area contributed by atoms with Gasteiger partial charge in [-0.1, -0.05) is 39.2 Å². The number of hydrogen-bond acceptors (Lipinski definition) is 3. The molecule has 0 amide bonds. The normalized spacial score (nSPS) is 14.0. The topological polar surface area (TPSA) is 63.6 Å². The van der Waals surface area contributed by atoms with Gasteiger partial charge in [-0.3, -0.25) is 4.79 Å². The highest BCUT2D eigenvalue weighted by Crippen LogP contribution is 2.61. The Morgan fingerprint density at radius 2 is 1.11 bits per heavy atom. The van der Waals surface area contributed by atoms with Crippen molar-refractivity contribution in [3.63, 3.8) is 0 Å². The van der Waals surface area contributed by atoms with Gasteiger partial charge in [0.05, 0.1) is 19.4 Å². The summed E-state index contributed by atoms with van der Waals surface area (Å²) in [7, 11) is 0. The summed E-state index contributed by atoms with van der Waals surface area (Å²) in [5.74, 6) is -45.5. The van der Waals surface area contributed by atoms with E-state index < -0.39 is 85.3 Å². The number of rotatable bonds is 17. The van der Waals surface area contributed by atoms with Crippen molar-refractivity contribution in [1.82, 2.24) is 0 Å². The molecule has 0 unspecified atom stereocenters. The van der Waals surface area contributed by atoms with E-state index in [2.05, 4.69) is 11.3 Å². The molecule has 4 nitrogen and oxygen atoms in total. The SMILES string of the molecule is C=C(CC(=O)O)C(=O)OCCC(F)(F)C(F)(F)C(F)(F)C(F)(F)C(F)(F)C(F)(F)CCCCCCC. The number of ether oxygens (including phenoxy) is 1. The number of unbranched alkanes of at least 4 members (excludes halogenated alkanes) is 4. The van der Waals surface area contributed by atoms with Gasteiger partial charge in [0, 0.05) is 12.0 Å². The average Bonchev–Trinajstić information content (AvgIpc) is 2.72. The van der Waals surface area contributed by atoms with Crippen LogP contribution in [0, 0.1) is 0 Å². The molecule has 0 aromatic carbocycles. The number of aliphatic carboxylic acids is 1. The number of alkyl halides is 12. The van der Waals surface area contributed by atoms with Crippen LogP contribution >= 0.6 is 0 Å². The molecule has 0 heterocycles. The maximum Gasteiger partial charge on any atom is 0.384 e. The molecule has 0 saturated carbocycles. The Balaban J connectivity index is 5.69. The van der Waals surface area contributed by atoms with Crippen LogP contribution in [0.5, 0.6) is 0 Å². The van der Waals surface area contributed by atoms with Gasteiger partial charge in [0.25, 0.3) is 0 Å². The number of esters is 1. The van der Waals surface area contributed by atoms with Crippen LogP contribution in [0.15, 0.2) is 12.2 Å². The second-order valence-electron chi connectivity index (χ2n) is 7.93. The van der Waals surface area contributed by atoms with Crippen LogP contribution in [0.25, 0.3) is 0 Å². The molecule has 0 bridgehead atoms. The summed E-state index contributed by atoms with van der Waals surface area (Å²) in [4.78, 5) is 21.7. The van der Waals surface area contributed by atoms with E-state index in [0.29, 0.717) is 12.8 Å². The zero-order valence-corrected chi connectivity index (χ0v) is 18.8. The zero-order chi connectivity index (χ0) is 28.8. The van der Waals surface area contributed by atoms with E-state index in [1.54, 1.807) is 6.92 Å². The number of carbonyl (C=O) groups is 2. The molecule has 0 spiro atoms. The van der Waals surface area contributed by atoms with Crippen LogP contribution in [-0.4, -0.2) is 59.2 Å². The summed E-state index contributed by atoms with van der Waals surface area (Å²) >= 11 is 0. The predicted molar refractivity (Wildman–Crippen MR) is 100 cm³/mol. The number of halogens is 12. The van der Waals surface area contributed by atoms with Crippen molar-refractivity contribution >= 4 is 11.9 Å². The Labute approximate surface area is 197 Å². The molecule has 0 aliphatic rings. The average molecular weight is 556 g/mol. The molecule has 0 rings (SSSR count). The summed E-state index contributed by atoms with van der Waals surface area (Å²) in [6, 6.07) is 0. The number of hydrogen-bond donors (Lipinski definition) is 1. The molecule has 0 aliphatic heterocycles. The fourth-order valence-corrected chi connectivity index (χ4v) is 2.75. The van der Waals surface area contributed by atoms with Crippen molar-refractivity contribution < 1.29 is 72.1 Å². The fourth-order valence-electron chi connectivity index (χ4n) is 2.75. The largest absolute Gasteiger partial charge is 0.481 e. The Hall–Kier alpha value is -2.16. The molecular weight excluding hydrogens is 532 g/mol. The molecular formula is C20H24F12O4. The van der Waals surface area contributed by atoms with Crippen LogP contribution in [0.3, 0.4) is 0 Å². The van der Waals surface area contributed by atoms with Gasteiger partial charge in [-0.05, 0) is 6.42 Å². The van der Waals surface area contributed by atoms with Crippen molar-refractivity contribution in [2.24, 2.45) is 0 Å². The van der Waals surface area contributed by atoms with Crippen molar-refractivity contribution in [2.45, 2.75) is 93.8 Å². The molecule has 212 valence electrons.